The number of aryl methyl sites for hydroxylation is 2. The number of hydrogen-bond donors (Lipinski definition) is 1. The fourth-order valence-corrected chi connectivity index (χ4v) is 1.68. The lowest BCUT2D eigenvalue weighted by Gasteiger charge is -2.13. The third-order valence-electron chi connectivity index (χ3n) is 2.61. The van der Waals surface area contributed by atoms with Gasteiger partial charge in [-0.3, -0.25) is 4.79 Å². The summed E-state index contributed by atoms with van der Waals surface area (Å²) in [6.45, 7) is 10.2. The van der Waals surface area contributed by atoms with E-state index in [1.165, 1.54) is 5.56 Å². The van der Waals surface area contributed by atoms with Crippen LogP contribution in [0.5, 0.6) is 0 Å². The Labute approximate surface area is 97.4 Å². The minimum atomic E-state index is -0.167. The van der Waals surface area contributed by atoms with Gasteiger partial charge in [0.2, 0.25) is 0 Å². The van der Waals surface area contributed by atoms with E-state index in [0.29, 0.717) is 6.54 Å². The largest absolute Gasteiger partial charge is 0.304 e. The van der Waals surface area contributed by atoms with Crippen molar-refractivity contribution in [2.75, 3.05) is 6.54 Å². The summed E-state index contributed by atoms with van der Waals surface area (Å²) in [5, 5.41) is 3.10. The van der Waals surface area contributed by atoms with E-state index in [-0.39, 0.29) is 11.8 Å². The molecule has 0 aromatic heterocycles. The molecule has 1 rings (SSSR count). The number of ketones is 1. The van der Waals surface area contributed by atoms with Gasteiger partial charge in [0.25, 0.3) is 0 Å². The molecule has 1 unspecified atom stereocenters. The number of hydrogen-bond acceptors (Lipinski definition) is 2. The summed E-state index contributed by atoms with van der Waals surface area (Å²) in [6, 6.07) is 5.74. The Balaban J connectivity index is 2.83. The van der Waals surface area contributed by atoms with Gasteiger partial charge in [-0.15, -0.1) is 6.58 Å². The van der Waals surface area contributed by atoms with Crippen LogP contribution < -0.4 is 5.32 Å². The van der Waals surface area contributed by atoms with Crippen LogP contribution in [-0.4, -0.2) is 18.4 Å². The highest BCUT2D eigenvalue weighted by molar-refractivity contribution is 6.01. The lowest BCUT2D eigenvalue weighted by atomic mass is 9.98. The van der Waals surface area contributed by atoms with E-state index in [1.807, 2.05) is 39.0 Å². The summed E-state index contributed by atoms with van der Waals surface area (Å²) >= 11 is 0. The maximum absolute atomic E-state index is 12.1. The first kappa shape index (κ1) is 12.7. The van der Waals surface area contributed by atoms with E-state index < -0.39 is 0 Å². The Morgan fingerprint density at radius 1 is 1.50 bits per heavy atom. The van der Waals surface area contributed by atoms with Crippen LogP contribution in [0.2, 0.25) is 0 Å². The van der Waals surface area contributed by atoms with Crippen LogP contribution in [-0.2, 0) is 0 Å². The number of rotatable bonds is 5. The van der Waals surface area contributed by atoms with Crippen LogP contribution in [0.3, 0.4) is 0 Å². The third kappa shape index (κ3) is 3.04. The molecule has 0 spiro atoms. The number of Topliss-reactive ketones (excluding diaryl/α,β-unsaturated/α-hetero) is 1. The van der Waals surface area contributed by atoms with Gasteiger partial charge in [0.05, 0.1) is 6.04 Å². The van der Waals surface area contributed by atoms with E-state index in [1.54, 1.807) is 6.08 Å². The summed E-state index contributed by atoms with van der Waals surface area (Å²) in [5.74, 6) is 0.138. The Hall–Kier alpha value is -1.41. The van der Waals surface area contributed by atoms with Gasteiger partial charge < -0.3 is 5.32 Å². The summed E-state index contributed by atoms with van der Waals surface area (Å²) in [7, 11) is 0. The van der Waals surface area contributed by atoms with Crippen molar-refractivity contribution in [1.82, 2.24) is 5.32 Å². The van der Waals surface area contributed by atoms with E-state index in [2.05, 4.69) is 11.9 Å². The van der Waals surface area contributed by atoms with E-state index in [9.17, 15) is 4.79 Å². The van der Waals surface area contributed by atoms with Crippen molar-refractivity contribution in [3.8, 4) is 0 Å². The molecule has 1 aromatic rings. The minimum absolute atomic E-state index is 0.138. The molecule has 0 aliphatic carbocycles. The van der Waals surface area contributed by atoms with Crippen LogP contribution in [0.4, 0.5) is 0 Å². The summed E-state index contributed by atoms with van der Waals surface area (Å²) in [5.41, 5.74) is 3.02. The average molecular weight is 217 g/mol. The van der Waals surface area contributed by atoms with Crippen molar-refractivity contribution < 1.29 is 4.79 Å². The molecule has 0 bridgehead atoms. The molecule has 0 saturated heterocycles. The second-order valence-electron chi connectivity index (χ2n) is 4.10. The fourth-order valence-electron chi connectivity index (χ4n) is 1.68. The molecule has 0 aliphatic heterocycles. The van der Waals surface area contributed by atoms with Crippen LogP contribution in [0.15, 0.2) is 30.9 Å². The van der Waals surface area contributed by atoms with Crippen molar-refractivity contribution in [2.45, 2.75) is 26.8 Å². The molecule has 1 aromatic carbocycles. The van der Waals surface area contributed by atoms with E-state index >= 15 is 0 Å². The van der Waals surface area contributed by atoms with Gasteiger partial charge in [0.1, 0.15) is 0 Å². The monoisotopic (exact) mass is 217 g/mol. The highest BCUT2D eigenvalue weighted by Gasteiger charge is 2.15. The third-order valence-corrected chi connectivity index (χ3v) is 2.61. The minimum Gasteiger partial charge on any atom is -0.304 e. The van der Waals surface area contributed by atoms with Crippen molar-refractivity contribution >= 4 is 5.78 Å². The maximum atomic E-state index is 12.1. The Bertz CT molecular complexity index is 396. The molecule has 1 N–H and O–H groups in total. The topological polar surface area (TPSA) is 29.1 Å². The first-order valence-electron chi connectivity index (χ1n) is 5.52. The average Bonchev–Trinajstić information content (AvgIpc) is 2.25. The molecule has 1 atom stereocenters. The van der Waals surface area contributed by atoms with E-state index in [4.69, 9.17) is 0 Å². The second-order valence-corrected chi connectivity index (χ2v) is 4.10. The van der Waals surface area contributed by atoms with Crippen LogP contribution in [0.25, 0.3) is 0 Å². The highest BCUT2D eigenvalue weighted by atomic mass is 16.1. The SMILES string of the molecule is C=CCNC(C)C(=O)c1ccc(C)cc1C. The Morgan fingerprint density at radius 2 is 2.19 bits per heavy atom. The smallest absolute Gasteiger partial charge is 0.179 e. The number of carbonyl (C=O) groups excluding carboxylic acids is 1. The Kier molecular flexibility index (Phi) is 4.44. The van der Waals surface area contributed by atoms with Gasteiger partial charge in [-0.05, 0) is 26.3 Å². The number of carbonyl (C=O) groups is 1. The van der Waals surface area contributed by atoms with Crippen molar-refractivity contribution in [3.63, 3.8) is 0 Å². The molecule has 2 nitrogen and oxygen atoms in total. The van der Waals surface area contributed by atoms with Crippen LogP contribution in [0, 0.1) is 13.8 Å². The lowest BCUT2D eigenvalue weighted by molar-refractivity contribution is 0.0952. The first-order valence-corrected chi connectivity index (χ1v) is 5.52. The zero-order valence-electron chi connectivity index (χ0n) is 10.2. The highest BCUT2D eigenvalue weighted by Crippen LogP contribution is 2.12. The zero-order chi connectivity index (χ0) is 12.1. The first-order chi connectivity index (χ1) is 7.56. The summed E-state index contributed by atoms with van der Waals surface area (Å²) in [6.07, 6.45) is 1.76. The van der Waals surface area contributed by atoms with E-state index in [0.717, 1.165) is 11.1 Å². The molecule has 16 heavy (non-hydrogen) atoms. The second kappa shape index (κ2) is 5.61. The van der Waals surface area contributed by atoms with Gasteiger partial charge in [0, 0.05) is 12.1 Å². The molecule has 86 valence electrons. The van der Waals surface area contributed by atoms with Crippen LogP contribution >= 0.6 is 0 Å². The zero-order valence-corrected chi connectivity index (χ0v) is 10.2. The number of benzene rings is 1. The van der Waals surface area contributed by atoms with Gasteiger partial charge in [-0.1, -0.05) is 29.8 Å². The van der Waals surface area contributed by atoms with Gasteiger partial charge in [0.15, 0.2) is 5.78 Å². The normalized spacial score (nSPS) is 12.2. The van der Waals surface area contributed by atoms with Gasteiger partial charge in [-0.25, -0.2) is 0 Å². The molecule has 0 aliphatic rings. The molecule has 0 fully saturated rings. The predicted octanol–water partition coefficient (Wildman–Crippen LogP) is 2.65. The summed E-state index contributed by atoms with van der Waals surface area (Å²) < 4.78 is 0. The molecule has 0 heterocycles. The molecule has 0 amide bonds. The van der Waals surface area contributed by atoms with Gasteiger partial charge >= 0.3 is 0 Å². The summed E-state index contributed by atoms with van der Waals surface area (Å²) in [4.78, 5) is 12.1. The van der Waals surface area contributed by atoms with Crippen molar-refractivity contribution in [1.29, 1.82) is 0 Å². The fraction of sp³-hybridized carbons (Fsp3) is 0.357. The molecular formula is C14H19NO. The molecular weight excluding hydrogens is 198 g/mol. The number of nitrogens with one attached hydrogen (secondary N) is 1. The van der Waals surface area contributed by atoms with Crippen molar-refractivity contribution in [3.05, 3.63) is 47.5 Å². The molecule has 2 heteroatoms. The maximum Gasteiger partial charge on any atom is 0.179 e. The van der Waals surface area contributed by atoms with Gasteiger partial charge in [-0.2, -0.15) is 0 Å². The Morgan fingerprint density at radius 3 is 2.75 bits per heavy atom. The molecule has 0 radical (unpaired) electrons. The van der Waals surface area contributed by atoms with Crippen LogP contribution in [0.1, 0.15) is 28.4 Å². The predicted molar refractivity (Wildman–Crippen MR) is 67.9 cm³/mol. The lowest BCUT2D eigenvalue weighted by Crippen LogP contribution is -2.34. The standard InChI is InChI=1S/C14H19NO/c1-5-8-15-12(4)14(16)13-7-6-10(2)9-11(13)3/h5-7,9,12,15H,1,8H2,2-4H3. The quantitative estimate of drug-likeness (QED) is 0.607. The van der Waals surface area contributed by atoms with Crippen molar-refractivity contribution in [2.24, 2.45) is 0 Å². The molecule has 0 saturated carbocycles.